The zero-order valence-corrected chi connectivity index (χ0v) is 22.4. The van der Waals surface area contributed by atoms with Crippen molar-refractivity contribution in [1.82, 2.24) is 14.9 Å². The minimum absolute atomic E-state index is 0.0925. The smallest absolute Gasteiger partial charge is 0.251 e. The van der Waals surface area contributed by atoms with Gasteiger partial charge in [0.25, 0.3) is 5.91 Å². The van der Waals surface area contributed by atoms with Crippen LogP contribution in [0.1, 0.15) is 50.0 Å². The van der Waals surface area contributed by atoms with Gasteiger partial charge < -0.3 is 10.6 Å². The number of hydrogen-bond donors (Lipinski definition) is 2. The van der Waals surface area contributed by atoms with Crippen molar-refractivity contribution >= 4 is 32.6 Å². The number of benzene rings is 3. The first-order chi connectivity index (χ1) is 17.4. The number of nitrogens with one attached hydrogen (secondary N) is 2. The Hall–Kier alpha value is -3.49. The largest absolute Gasteiger partial charge is 0.348 e. The molecule has 0 spiro atoms. The molecule has 37 heavy (non-hydrogen) atoms. The number of fused-ring (bicyclic) bond motifs is 1. The van der Waals surface area contributed by atoms with E-state index in [0.29, 0.717) is 18.5 Å². The Morgan fingerprint density at radius 3 is 2.32 bits per heavy atom. The molecule has 1 atom stereocenters. The van der Waals surface area contributed by atoms with E-state index in [4.69, 9.17) is 0 Å². The average Bonchev–Trinajstić information content (AvgIpc) is 3.05. The second-order valence-electron chi connectivity index (χ2n) is 10.6. The predicted octanol–water partition coefficient (Wildman–Crippen LogP) is 4.39. The summed E-state index contributed by atoms with van der Waals surface area (Å²) in [7, 11) is -3.93. The molecule has 0 saturated carbocycles. The third-order valence-electron chi connectivity index (χ3n) is 7.11. The fourth-order valence-electron chi connectivity index (χ4n) is 5.46. The van der Waals surface area contributed by atoms with E-state index >= 15 is 0 Å². The topological polar surface area (TPSA) is 95.6 Å². The Morgan fingerprint density at radius 1 is 1.00 bits per heavy atom. The molecule has 1 heterocycles. The van der Waals surface area contributed by atoms with Crippen molar-refractivity contribution in [2.75, 3.05) is 0 Å². The van der Waals surface area contributed by atoms with Crippen LogP contribution in [0.4, 0.5) is 0 Å². The molecule has 3 aromatic rings. The minimum Gasteiger partial charge on any atom is -0.348 e. The molecule has 2 N–H and O–H groups in total. The number of carbonyl (C=O) groups is 2. The molecular weight excluding hydrogens is 486 g/mol. The van der Waals surface area contributed by atoms with Gasteiger partial charge in [-0.05, 0) is 80.8 Å². The van der Waals surface area contributed by atoms with E-state index in [0.717, 1.165) is 16.3 Å². The monoisotopic (exact) mass is 519 g/mol. The molecule has 7 nitrogen and oxygen atoms in total. The van der Waals surface area contributed by atoms with Crippen molar-refractivity contribution in [3.05, 3.63) is 90.5 Å². The second-order valence-corrected chi connectivity index (χ2v) is 12.3. The van der Waals surface area contributed by atoms with Crippen LogP contribution >= 0.6 is 0 Å². The molecule has 2 amide bonds. The van der Waals surface area contributed by atoms with Crippen LogP contribution in [-0.2, 0) is 21.4 Å². The van der Waals surface area contributed by atoms with Crippen LogP contribution in [0, 0.1) is 0 Å². The van der Waals surface area contributed by atoms with E-state index in [1.165, 1.54) is 34.6 Å². The molecule has 1 fully saturated rings. The van der Waals surface area contributed by atoms with Gasteiger partial charge in [-0.25, -0.2) is 8.42 Å². The number of hydrogen-bond acceptors (Lipinski definition) is 4. The molecule has 4 rings (SSSR count). The average molecular weight is 520 g/mol. The lowest BCUT2D eigenvalue weighted by molar-refractivity contribution is -0.117. The second kappa shape index (κ2) is 9.76. The van der Waals surface area contributed by atoms with Gasteiger partial charge >= 0.3 is 0 Å². The molecular formula is C29H33N3O4S. The summed E-state index contributed by atoms with van der Waals surface area (Å²) in [6, 6.07) is 19.5. The van der Waals surface area contributed by atoms with E-state index < -0.39 is 21.1 Å². The zero-order valence-electron chi connectivity index (χ0n) is 21.6. The molecule has 8 heteroatoms. The maximum absolute atomic E-state index is 13.8. The van der Waals surface area contributed by atoms with Gasteiger partial charge in [-0.2, -0.15) is 4.31 Å². The van der Waals surface area contributed by atoms with Crippen LogP contribution in [-0.4, -0.2) is 41.7 Å². The van der Waals surface area contributed by atoms with Crippen molar-refractivity contribution in [1.29, 1.82) is 0 Å². The highest BCUT2D eigenvalue weighted by atomic mass is 32.2. The van der Waals surface area contributed by atoms with E-state index in [2.05, 4.69) is 17.2 Å². The van der Waals surface area contributed by atoms with Crippen molar-refractivity contribution in [3.8, 4) is 0 Å². The maximum atomic E-state index is 13.8. The summed E-state index contributed by atoms with van der Waals surface area (Å²) < 4.78 is 29.0. The Labute approximate surface area is 218 Å². The highest BCUT2D eigenvalue weighted by Crippen LogP contribution is 2.44. The van der Waals surface area contributed by atoms with Crippen LogP contribution < -0.4 is 10.6 Å². The van der Waals surface area contributed by atoms with Gasteiger partial charge in [-0.1, -0.05) is 49.0 Å². The summed E-state index contributed by atoms with van der Waals surface area (Å²) in [4.78, 5) is 24.9. The van der Waals surface area contributed by atoms with Gasteiger partial charge in [0.2, 0.25) is 15.9 Å². The lowest BCUT2D eigenvalue weighted by Gasteiger charge is -2.40. The molecule has 1 aliphatic rings. The normalized spacial score (nSPS) is 18.9. The summed E-state index contributed by atoms with van der Waals surface area (Å²) in [5.41, 5.74) is -0.247. The Balaban J connectivity index is 1.52. The van der Waals surface area contributed by atoms with E-state index in [9.17, 15) is 18.0 Å². The van der Waals surface area contributed by atoms with Crippen molar-refractivity contribution in [3.63, 3.8) is 0 Å². The van der Waals surface area contributed by atoms with E-state index in [-0.39, 0.29) is 22.8 Å². The van der Waals surface area contributed by atoms with Gasteiger partial charge in [0.15, 0.2) is 0 Å². The molecule has 1 saturated heterocycles. The summed E-state index contributed by atoms with van der Waals surface area (Å²) >= 11 is 0. The number of carbonyl (C=O) groups excluding carboxylic acids is 2. The molecule has 194 valence electrons. The first-order valence-corrected chi connectivity index (χ1v) is 13.7. The summed E-state index contributed by atoms with van der Waals surface area (Å²) in [6.45, 7) is 11.2. The maximum Gasteiger partial charge on any atom is 0.251 e. The first kappa shape index (κ1) is 26.6. The third-order valence-corrected chi connectivity index (χ3v) is 9.42. The van der Waals surface area contributed by atoms with E-state index in [1.54, 1.807) is 0 Å². The van der Waals surface area contributed by atoms with Gasteiger partial charge in [0.05, 0.1) is 10.4 Å². The van der Waals surface area contributed by atoms with Gasteiger partial charge in [-0.15, -0.1) is 0 Å². The standard InChI is InChI=1S/C29H33N3O4S/c1-6-26(33)31-25-18-28(2,3)32(29(25,4)5)37(35,36)23-16-14-21(15-17-23)27(34)30-19-22-12-9-11-20-10-7-8-13-24(20)22/h6-17,25H,1,18-19H2,2-5H3,(H,30,34)(H,31,33). The number of sulfonamides is 1. The summed E-state index contributed by atoms with van der Waals surface area (Å²) in [6.07, 6.45) is 1.64. The number of rotatable bonds is 7. The van der Waals surface area contributed by atoms with Crippen LogP contribution in [0.3, 0.4) is 0 Å². The number of amides is 2. The molecule has 0 aromatic heterocycles. The van der Waals surface area contributed by atoms with Crippen LogP contribution in [0.5, 0.6) is 0 Å². The van der Waals surface area contributed by atoms with Crippen LogP contribution in [0.25, 0.3) is 10.8 Å². The Morgan fingerprint density at radius 2 is 1.65 bits per heavy atom. The van der Waals surface area contributed by atoms with Crippen molar-refractivity contribution in [2.45, 2.75) is 62.7 Å². The van der Waals surface area contributed by atoms with Crippen molar-refractivity contribution in [2.24, 2.45) is 0 Å². The highest BCUT2D eigenvalue weighted by Gasteiger charge is 2.57. The zero-order chi connectivity index (χ0) is 27.0. The SMILES string of the molecule is C=CC(=O)NC1CC(C)(C)N(S(=O)(=O)c2ccc(C(=O)NCc3cccc4ccccc34)cc2)C1(C)C. The Kier molecular flexibility index (Phi) is 7.01. The predicted molar refractivity (Wildman–Crippen MR) is 145 cm³/mol. The quantitative estimate of drug-likeness (QED) is 0.453. The fourth-order valence-corrected chi connectivity index (χ4v) is 7.62. The van der Waals surface area contributed by atoms with Gasteiger partial charge in [-0.3, -0.25) is 9.59 Å². The van der Waals surface area contributed by atoms with Crippen molar-refractivity contribution < 1.29 is 18.0 Å². The lowest BCUT2D eigenvalue weighted by Crippen LogP contribution is -2.56. The number of nitrogens with zero attached hydrogens (tertiary/aromatic N) is 1. The molecule has 3 aromatic carbocycles. The molecule has 0 aliphatic carbocycles. The Bertz CT molecular complexity index is 1450. The minimum atomic E-state index is -3.93. The molecule has 0 bridgehead atoms. The van der Waals surface area contributed by atoms with Gasteiger partial charge in [0.1, 0.15) is 0 Å². The van der Waals surface area contributed by atoms with Crippen LogP contribution in [0.2, 0.25) is 0 Å². The summed E-state index contributed by atoms with van der Waals surface area (Å²) in [5.74, 6) is -0.627. The van der Waals surface area contributed by atoms with E-state index in [1.807, 2.05) is 70.2 Å². The molecule has 1 unspecified atom stereocenters. The summed E-state index contributed by atoms with van der Waals surface area (Å²) in [5, 5.41) is 7.98. The van der Waals surface area contributed by atoms with Crippen LogP contribution in [0.15, 0.2) is 84.3 Å². The first-order valence-electron chi connectivity index (χ1n) is 12.2. The molecule has 1 aliphatic heterocycles. The van der Waals surface area contributed by atoms with Gasteiger partial charge in [0, 0.05) is 23.7 Å². The lowest BCUT2D eigenvalue weighted by atomic mass is 9.94. The molecule has 0 radical (unpaired) electrons. The third kappa shape index (κ3) is 5.04. The fraction of sp³-hybridized carbons (Fsp3) is 0.310. The highest BCUT2D eigenvalue weighted by molar-refractivity contribution is 7.89.